The third-order valence-corrected chi connectivity index (χ3v) is 3.42. The van der Waals surface area contributed by atoms with Crippen molar-refractivity contribution < 1.29 is 0 Å². The van der Waals surface area contributed by atoms with Gasteiger partial charge in [-0.3, -0.25) is 0 Å². The Morgan fingerprint density at radius 3 is 2.13 bits per heavy atom. The average Bonchev–Trinajstić information content (AvgIpc) is 2.15. The maximum atomic E-state index is 2.54. The van der Waals surface area contributed by atoms with Crippen molar-refractivity contribution in [3.8, 4) is 0 Å². The van der Waals surface area contributed by atoms with Crippen LogP contribution in [-0.4, -0.2) is 17.0 Å². The van der Waals surface area contributed by atoms with E-state index in [1.54, 1.807) is 11.3 Å². The van der Waals surface area contributed by atoms with Gasteiger partial charge in [-0.25, -0.2) is 0 Å². The zero-order chi connectivity index (χ0) is 11.6. The topological polar surface area (TPSA) is 3.24 Å². The van der Waals surface area contributed by atoms with Crippen LogP contribution in [0.5, 0.6) is 0 Å². The molecule has 1 aliphatic heterocycles. The molecule has 1 heteroatoms. The molecule has 0 saturated carbocycles. The van der Waals surface area contributed by atoms with Gasteiger partial charge in [0.25, 0.3) is 0 Å². The Balaban J connectivity index is 3.23. The highest BCUT2D eigenvalue weighted by atomic mass is 15.2. The summed E-state index contributed by atoms with van der Waals surface area (Å²) < 4.78 is 0. The van der Waals surface area contributed by atoms with Gasteiger partial charge < -0.3 is 4.90 Å². The van der Waals surface area contributed by atoms with Crippen LogP contribution < -0.4 is 0 Å². The lowest BCUT2D eigenvalue weighted by Gasteiger charge is -2.44. The summed E-state index contributed by atoms with van der Waals surface area (Å²) in [5.41, 5.74) is 4.76. The Bertz CT molecular complexity index is 294. The van der Waals surface area contributed by atoms with Crippen LogP contribution in [0, 0.1) is 0 Å². The monoisotopic (exact) mass is 207 g/mol. The molecule has 0 amide bonds. The van der Waals surface area contributed by atoms with Crippen molar-refractivity contribution in [2.75, 3.05) is 6.54 Å². The number of rotatable bonds is 3. The van der Waals surface area contributed by atoms with Gasteiger partial charge in [0, 0.05) is 12.2 Å². The lowest BCUT2D eigenvalue weighted by molar-refractivity contribution is 0.209. The van der Waals surface area contributed by atoms with Crippen LogP contribution in [-0.2, 0) is 0 Å². The fraction of sp³-hybridized carbons (Fsp3) is 0.714. The quantitative estimate of drug-likeness (QED) is 0.673. The van der Waals surface area contributed by atoms with Crippen molar-refractivity contribution in [3.05, 3.63) is 22.9 Å². The minimum Gasteiger partial charge on any atom is -0.366 e. The molecule has 0 radical (unpaired) electrons. The fourth-order valence-corrected chi connectivity index (χ4v) is 2.92. The summed E-state index contributed by atoms with van der Waals surface area (Å²) in [6.07, 6.45) is 4.71. The first-order valence-corrected chi connectivity index (χ1v) is 6.17. The van der Waals surface area contributed by atoms with Crippen LogP contribution in [0.15, 0.2) is 22.9 Å². The first kappa shape index (κ1) is 12.4. The van der Waals surface area contributed by atoms with E-state index in [0.29, 0.717) is 0 Å². The molecule has 0 aromatic rings. The maximum absolute atomic E-state index is 2.54. The lowest BCUT2D eigenvalue weighted by Crippen LogP contribution is -2.44. The molecule has 0 spiro atoms. The number of likely N-dealkylation sites (N-methyl/N-ethyl adjacent to an activating group) is 1. The Labute approximate surface area is 94.9 Å². The van der Waals surface area contributed by atoms with Crippen LogP contribution in [0.4, 0.5) is 0 Å². The fourth-order valence-electron chi connectivity index (χ4n) is 2.92. The SMILES string of the molecule is CCC1=C(CC)N(CC)C(C)(C)C=C1C. The average molecular weight is 207 g/mol. The molecule has 0 fully saturated rings. The van der Waals surface area contributed by atoms with Crippen molar-refractivity contribution in [2.45, 2.75) is 59.9 Å². The molecule has 0 aliphatic carbocycles. The summed E-state index contributed by atoms with van der Waals surface area (Å²) in [7, 11) is 0. The summed E-state index contributed by atoms with van der Waals surface area (Å²) in [5, 5.41) is 0. The molecule has 0 saturated heterocycles. The van der Waals surface area contributed by atoms with Crippen LogP contribution in [0.1, 0.15) is 54.4 Å². The highest BCUT2D eigenvalue weighted by Gasteiger charge is 2.30. The van der Waals surface area contributed by atoms with Gasteiger partial charge >= 0.3 is 0 Å². The smallest absolute Gasteiger partial charge is 0.0531 e. The normalized spacial score (nSPS) is 20.7. The van der Waals surface area contributed by atoms with Gasteiger partial charge in [-0.15, -0.1) is 0 Å². The van der Waals surface area contributed by atoms with Crippen LogP contribution in [0.3, 0.4) is 0 Å². The second-order valence-electron chi connectivity index (χ2n) is 4.86. The van der Waals surface area contributed by atoms with Gasteiger partial charge in [0.1, 0.15) is 0 Å². The van der Waals surface area contributed by atoms with Gasteiger partial charge in [0.05, 0.1) is 5.54 Å². The molecule has 0 bridgehead atoms. The molecule has 1 nitrogen and oxygen atoms in total. The third kappa shape index (κ3) is 2.11. The largest absolute Gasteiger partial charge is 0.366 e. The van der Waals surface area contributed by atoms with Crippen molar-refractivity contribution in [2.24, 2.45) is 0 Å². The lowest BCUT2D eigenvalue weighted by atomic mass is 9.87. The van der Waals surface area contributed by atoms with E-state index in [-0.39, 0.29) is 5.54 Å². The summed E-state index contributed by atoms with van der Waals surface area (Å²) in [6.45, 7) is 14.7. The number of hydrogen-bond donors (Lipinski definition) is 0. The van der Waals surface area contributed by atoms with Gasteiger partial charge in [0.15, 0.2) is 0 Å². The molecule has 0 aromatic heterocycles. The van der Waals surface area contributed by atoms with Gasteiger partial charge in [-0.2, -0.15) is 0 Å². The second-order valence-corrected chi connectivity index (χ2v) is 4.86. The standard InChI is InChI=1S/C14H25N/c1-7-12-11(4)10-14(5,6)15(9-3)13(12)8-2/h10H,7-9H2,1-6H3. The Morgan fingerprint density at radius 1 is 1.13 bits per heavy atom. The first-order chi connectivity index (χ1) is 6.97. The van der Waals surface area contributed by atoms with Gasteiger partial charge in [0.2, 0.25) is 0 Å². The Kier molecular flexibility index (Phi) is 3.64. The highest BCUT2D eigenvalue weighted by Crippen LogP contribution is 2.35. The number of allylic oxidation sites excluding steroid dienone is 3. The molecular weight excluding hydrogens is 182 g/mol. The third-order valence-electron chi connectivity index (χ3n) is 3.42. The number of hydrogen-bond acceptors (Lipinski definition) is 1. The van der Waals surface area contributed by atoms with Gasteiger partial charge in [-0.1, -0.05) is 19.9 Å². The van der Waals surface area contributed by atoms with Crippen LogP contribution >= 0.6 is 0 Å². The molecular formula is C14H25N. The summed E-state index contributed by atoms with van der Waals surface area (Å²) >= 11 is 0. The van der Waals surface area contributed by atoms with Crippen molar-refractivity contribution in [1.82, 2.24) is 4.90 Å². The molecule has 1 heterocycles. The van der Waals surface area contributed by atoms with E-state index in [9.17, 15) is 0 Å². The zero-order valence-electron chi connectivity index (χ0n) is 11.1. The van der Waals surface area contributed by atoms with E-state index in [0.717, 1.165) is 19.4 Å². The zero-order valence-corrected chi connectivity index (χ0v) is 11.1. The van der Waals surface area contributed by atoms with Crippen LogP contribution in [0.2, 0.25) is 0 Å². The first-order valence-electron chi connectivity index (χ1n) is 6.17. The van der Waals surface area contributed by atoms with E-state index in [1.807, 2.05) is 0 Å². The predicted molar refractivity (Wildman–Crippen MR) is 67.8 cm³/mol. The van der Waals surface area contributed by atoms with E-state index in [1.165, 1.54) is 5.57 Å². The van der Waals surface area contributed by atoms with E-state index in [2.05, 4.69) is 52.5 Å². The van der Waals surface area contributed by atoms with Crippen molar-refractivity contribution in [1.29, 1.82) is 0 Å². The maximum Gasteiger partial charge on any atom is 0.0531 e. The van der Waals surface area contributed by atoms with Crippen LogP contribution in [0.25, 0.3) is 0 Å². The second kappa shape index (κ2) is 4.42. The molecule has 0 N–H and O–H groups in total. The summed E-state index contributed by atoms with van der Waals surface area (Å²) in [4.78, 5) is 2.54. The van der Waals surface area contributed by atoms with Gasteiger partial charge in [-0.05, 0) is 51.7 Å². The Morgan fingerprint density at radius 2 is 1.73 bits per heavy atom. The molecule has 0 atom stereocenters. The molecule has 0 aromatic carbocycles. The van der Waals surface area contributed by atoms with E-state index >= 15 is 0 Å². The summed E-state index contributed by atoms with van der Waals surface area (Å²) in [6, 6.07) is 0. The van der Waals surface area contributed by atoms with Crippen molar-refractivity contribution >= 4 is 0 Å². The minimum absolute atomic E-state index is 0.183. The number of nitrogens with zero attached hydrogens (tertiary/aromatic N) is 1. The van der Waals surface area contributed by atoms with E-state index < -0.39 is 0 Å². The minimum atomic E-state index is 0.183. The summed E-state index contributed by atoms with van der Waals surface area (Å²) in [5.74, 6) is 0. The van der Waals surface area contributed by atoms with E-state index in [4.69, 9.17) is 0 Å². The van der Waals surface area contributed by atoms with Crippen molar-refractivity contribution in [3.63, 3.8) is 0 Å². The molecule has 86 valence electrons. The molecule has 15 heavy (non-hydrogen) atoms. The highest BCUT2D eigenvalue weighted by molar-refractivity contribution is 5.40. The Hall–Kier alpha value is -0.720. The molecule has 1 rings (SSSR count). The molecule has 0 unspecified atom stereocenters. The predicted octanol–water partition coefficient (Wildman–Crippen LogP) is 4.12. The molecule has 1 aliphatic rings.